The van der Waals surface area contributed by atoms with Gasteiger partial charge in [0.15, 0.2) is 0 Å². The summed E-state index contributed by atoms with van der Waals surface area (Å²) in [5.41, 5.74) is -0.259. The van der Waals surface area contributed by atoms with Gasteiger partial charge in [0.05, 0.1) is 6.61 Å². The molecule has 0 amide bonds. The number of hydrogen-bond acceptors (Lipinski definition) is 4. The molecule has 1 rings (SSSR count). The maximum atomic E-state index is 13.2. The van der Waals surface area contributed by atoms with Crippen molar-refractivity contribution in [2.45, 2.75) is 6.92 Å². The van der Waals surface area contributed by atoms with E-state index in [1.54, 1.807) is 0 Å². The molecule has 0 atom stereocenters. The van der Waals surface area contributed by atoms with Crippen molar-refractivity contribution in [3.8, 4) is 0 Å². The molecule has 0 fully saturated rings. The van der Waals surface area contributed by atoms with Gasteiger partial charge in [-0.1, -0.05) is 24.0 Å². The third-order valence-electron chi connectivity index (χ3n) is 1.88. The van der Waals surface area contributed by atoms with Crippen molar-refractivity contribution < 1.29 is 23.8 Å². The maximum Gasteiger partial charge on any atom is 0.378 e. The van der Waals surface area contributed by atoms with Crippen LogP contribution < -0.4 is 5.11 Å². The number of rotatable bonds is 4. The second kappa shape index (κ2) is 5.79. The molecule has 0 bridgehead atoms. The summed E-state index contributed by atoms with van der Waals surface area (Å²) in [5, 5.41) is 11.5. The maximum absolute atomic E-state index is 13.2. The second-order valence-electron chi connectivity index (χ2n) is 3.07. The van der Waals surface area contributed by atoms with Crippen LogP contribution in [0, 0.1) is 5.82 Å². The van der Waals surface area contributed by atoms with Gasteiger partial charge in [0.25, 0.3) is 5.78 Å². The van der Waals surface area contributed by atoms with Crippen LogP contribution in [0.4, 0.5) is 4.39 Å². The molecule has 0 unspecified atom stereocenters. The highest BCUT2D eigenvalue weighted by atomic mass is 19.1. The minimum absolute atomic E-state index is 0.0340. The molecule has 0 radical (unpaired) electrons. The zero-order chi connectivity index (χ0) is 12.8. The van der Waals surface area contributed by atoms with Gasteiger partial charge < -0.3 is 9.84 Å². The van der Waals surface area contributed by atoms with E-state index in [1.807, 2.05) is 0 Å². The Hall–Kier alpha value is -2.17. The first-order chi connectivity index (χ1) is 8.06. The Bertz CT molecular complexity index is 465. The lowest BCUT2D eigenvalue weighted by Crippen LogP contribution is -2.17. The Kier molecular flexibility index (Phi) is 4.39. The Morgan fingerprint density at radius 2 is 2.06 bits per heavy atom. The third kappa shape index (κ3) is 3.41. The van der Waals surface area contributed by atoms with Crippen LogP contribution in [-0.4, -0.2) is 18.4 Å². The van der Waals surface area contributed by atoms with E-state index in [0.29, 0.717) is 6.08 Å². The normalized spacial score (nSPS) is 11.1. The van der Waals surface area contributed by atoms with E-state index in [0.717, 1.165) is 6.07 Å². The molecule has 0 aliphatic rings. The fourth-order valence-electron chi connectivity index (χ4n) is 1.12. The van der Waals surface area contributed by atoms with Gasteiger partial charge in [0.2, 0.25) is 0 Å². The van der Waals surface area contributed by atoms with Crippen LogP contribution in [0.1, 0.15) is 12.5 Å². The summed E-state index contributed by atoms with van der Waals surface area (Å²) in [6.07, 6.45) is 0.524. The smallest absolute Gasteiger partial charge is 0.378 e. The van der Waals surface area contributed by atoms with E-state index < -0.39 is 23.3 Å². The predicted molar refractivity (Wildman–Crippen MR) is 56.0 cm³/mol. The highest BCUT2D eigenvalue weighted by molar-refractivity contribution is 6.39. The Balaban J connectivity index is 2.90. The zero-order valence-electron chi connectivity index (χ0n) is 9.10. The lowest BCUT2D eigenvalue weighted by atomic mass is 10.1. The highest BCUT2D eigenvalue weighted by Crippen LogP contribution is 2.12. The van der Waals surface area contributed by atoms with Crippen LogP contribution in [0.5, 0.6) is 0 Å². The molecule has 0 heterocycles. The highest BCUT2D eigenvalue weighted by Gasteiger charge is 2.11. The van der Waals surface area contributed by atoms with E-state index in [2.05, 4.69) is 4.74 Å². The summed E-state index contributed by atoms with van der Waals surface area (Å²) in [5.74, 6) is -3.83. The summed E-state index contributed by atoms with van der Waals surface area (Å²) in [6, 6.07) is 5.20. The molecule has 90 valence electrons. The van der Waals surface area contributed by atoms with Gasteiger partial charge >= 0.3 is 5.97 Å². The Morgan fingerprint density at radius 3 is 2.65 bits per heavy atom. The molecule has 1 aromatic rings. The van der Waals surface area contributed by atoms with Gasteiger partial charge in [-0.05, 0) is 19.1 Å². The first kappa shape index (κ1) is 12.9. The minimum atomic E-state index is -1.13. The van der Waals surface area contributed by atoms with Gasteiger partial charge in [0, 0.05) is 5.56 Å². The van der Waals surface area contributed by atoms with Crippen LogP contribution in [0.15, 0.2) is 30.3 Å². The molecule has 0 saturated heterocycles. The Labute approximate surface area is 97.3 Å². The first-order valence-electron chi connectivity index (χ1n) is 4.91. The molecular formula is C12H10FO4-. The molecule has 0 aliphatic carbocycles. The molecule has 0 aromatic heterocycles. The number of benzene rings is 1. The number of carbonyl (C=O) groups is 2. The number of esters is 1. The van der Waals surface area contributed by atoms with E-state index >= 15 is 0 Å². The average Bonchev–Trinajstić information content (AvgIpc) is 2.29. The van der Waals surface area contributed by atoms with Gasteiger partial charge in [0.1, 0.15) is 5.82 Å². The first-order valence-corrected chi connectivity index (χ1v) is 4.91. The summed E-state index contributed by atoms with van der Waals surface area (Å²) in [4.78, 5) is 22.1. The van der Waals surface area contributed by atoms with Crippen molar-refractivity contribution in [1.29, 1.82) is 0 Å². The number of ether oxygens (including phenoxy) is 1. The number of hydrogen-bond donors (Lipinski definition) is 0. The van der Waals surface area contributed by atoms with E-state index in [9.17, 15) is 19.1 Å². The summed E-state index contributed by atoms with van der Waals surface area (Å²) in [7, 11) is 0. The zero-order valence-corrected chi connectivity index (χ0v) is 9.10. The van der Waals surface area contributed by atoms with Crippen molar-refractivity contribution in [2.24, 2.45) is 0 Å². The van der Waals surface area contributed by atoms with E-state index in [4.69, 9.17) is 0 Å². The third-order valence-corrected chi connectivity index (χ3v) is 1.88. The second-order valence-corrected chi connectivity index (χ2v) is 3.07. The fourth-order valence-corrected chi connectivity index (χ4v) is 1.12. The summed E-state index contributed by atoms with van der Waals surface area (Å²) in [6.45, 7) is 1.57. The number of ketones is 1. The molecule has 0 aliphatic heterocycles. The minimum Gasteiger partial charge on any atom is -0.872 e. The van der Waals surface area contributed by atoms with Crippen molar-refractivity contribution in [3.63, 3.8) is 0 Å². The molecule has 1 aromatic carbocycles. The van der Waals surface area contributed by atoms with Crippen LogP contribution in [-0.2, 0) is 14.3 Å². The van der Waals surface area contributed by atoms with Crippen molar-refractivity contribution >= 4 is 17.5 Å². The number of carbonyl (C=O) groups excluding carboxylic acids is 2. The summed E-state index contributed by atoms with van der Waals surface area (Å²) >= 11 is 0. The van der Waals surface area contributed by atoms with Gasteiger partial charge in [-0.3, -0.25) is 4.79 Å². The monoisotopic (exact) mass is 237 g/mol. The average molecular weight is 237 g/mol. The predicted octanol–water partition coefficient (Wildman–Crippen LogP) is 0.659. The van der Waals surface area contributed by atoms with Gasteiger partial charge in [-0.15, -0.1) is 0 Å². The SMILES string of the molecule is CCOC(=O)C(=O)C=C([O-])c1ccccc1F. The Morgan fingerprint density at radius 1 is 1.41 bits per heavy atom. The molecule has 0 saturated carbocycles. The molecule has 4 nitrogen and oxygen atoms in total. The van der Waals surface area contributed by atoms with Crippen molar-refractivity contribution in [3.05, 3.63) is 41.7 Å². The summed E-state index contributed by atoms with van der Waals surface area (Å²) < 4.78 is 17.6. The van der Waals surface area contributed by atoms with Crippen molar-refractivity contribution in [1.82, 2.24) is 0 Å². The molecule has 5 heteroatoms. The molecular weight excluding hydrogens is 227 g/mol. The fraction of sp³-hybridized carbons (Fsp3) is 0.167. The standard InChI is InChI=1S/C12H11FO4/c1-2-17-12(16)11(15)7-10(14)8-5-3-4-6-9(8)13/h3-7,14H,2H2,1H3/p-1. The van der Waals surface area contributed by atoms with Crippen molar-refractivity contribution in [2.75, 3.05) is 6.61 Å². The lowest BCUT2D eigenvalue weighted by molar-refractivity contribution is -0.244. The number of halogens is 1. The van der Waals surface area contributed by atoms with E-state index in [1.165, 1.54) is 25.1 Å². The quantitative estimate of drug-likeness (QED) is 0.334. The van der Waals surface area contributed by atoms with E-state index in [-0.39, 0.29) is 12.2 Å². The lowest BCUT2D eigenvalue weighted by Gasteiger charge is -2.12. The van der Waals surface area contributed by atoms with Crippen LogP contribution >= 0.6 is 0 Å². The molecule has 0 N–H and O–H groups in total. The topological polar surface area (TPSA) is 66.4 Å². The molecule has 0 spiro atoms. The largest absolute Gasteiger partial charge is 0.872 e. The molecule has 17 heavy (non-hydrogen) atoms. The van der Waals surface area contributed by atoms with Crippen LogP contribution in [0.25, 0.3) is 5.76 Å². The van der Waals surface area contributed by atoms with Gasteiger partial charge in [-0.25, -0.2) is 9.18 Å². The van der Waals surface area contributed by atoms with Gasteiger partial charge in [-0.2, -0.15) is 0 Å². The van der Waals surface area contributed by atoms with Crippen LogP contribution in [0.3, 0.4) is 0 Å². The van der Waals surface area contributed by atoms with Crippen LogP contribution in [0.2, 0.25) is 0 Å².